The molecule has 0 aliphatic carbocycles. The molecule has 1 heterocycles. The zero-order valence-electron chi connectivity index (χ0n) is 11.2. The van der Waals surface area contributed by atoms with Crippen molar-refractivity contribution in [3.05, 3.63) is 34.3 Å². The first-order valence-electron chi connectivity index (χ1n) is 5.90. The minimum absolute atomic E-state index is 0.173. The zero-order chi connectivity index (χ0) is 14.8. The summed E-state index contributed by atoms with van der Waals surface area (Å²) in [5.74, 6) is 0. The lowest BCUT2D eigenvalue weighted by Crippen LogP contribution is -2.18. The summed E-state index contributed by atoms with van der Waals surface area (Å²) in [6.45, 7) is 2.43. The Morgan fingerprint density at radius 2 is 2.15 bits per heavy atom. The first kappa shape index (κ1) is 14.8. The van der Waals surface area contributed by atoms with Crippen molar-refractivity contribution in [1.29, 1.82) is 0 Å². The van der Waals surface area contributed by atoms with Crippen LogP contribution < -0.4 is 15.8 Å². The Kier molecular flexibility index (Phi) is 4.26. The summed E-state index contributed by atoms with van der Waals surface area (Å²) in [5.41, 5.74) is 7.88. The van der Waals surface area contributed by atoms with Gasteiger partial charge in [-0.3, -0.25) is 0 Å². The van der Waals surface area contributed by atoms with E-state index in [4.69, 9.17) is 5.73 Å². The molecule has 0 radical (unpaired) electrons. The minimum atomic E-state index is -3.47. The van der Waals surface area contributed by atoms with Crippen molar-refractivity contribution in [3.63, 3.8) is 0 Å². The molecule has 2 rings (SSSR count). The van der Waals surface area contributed by atoms with Gasteiger partial charge in [0.05, 0.1) is 22.8 Å². The second kappa shape index (κ2) is 5.78. The number of sulfonamides is 1. The quantitative estimate of drug-likeness (QED) is 0.728. The third-order valence-electron chi connectivity index (χ3n) is 2.70. The largest absolute Gasteiger partial charge is 0.397 e. The summed E-state index contributed by atoms with van der Waals surface area (Å²) in [7, 11) is -2.10. The average molecular weight is 312 g/mol. The number of rotatable bonds is 5. The van der Waals surface area contributed by atoms with Crippen LogP contribution in [0.1, 0.15) is 10.7 Å². The molecule has 108 valence electrons. The number of aromatic nitrogens is 1. The standard InChI is InChI=1S/C12H16N4O2S2/c1-8-7-19-12(16-8)6-15-11-5-9(3-4-10(11)13)20(17,18)14-2/h3-5,7,14-15H,6,13H2,1-2H3. The van der Waals surface area contributed by atoms with Crippen LogP contribution in [-0.4, -0.2) is 20.4 Å². The van der Waals surface area contributed by atoms with Crippen molar-refractivity contribution >= 4 is 32.7 Å². The van der Waals surface area contributed by atoms with Crippen molar-refractivity contribution in [2.75, 3.05) is 18.1 Å². The summed E-state index contributed by atoms with van der Waals surface area (Å²) in [5, 5.41) is 5.99. The molecular weight excluding hydrogens is 296 g/mol. The van der Waals surface area contributed by atoms with Gasteiger partial charge in [-0.1, -0.05) is 0 Å². The van der Waals surface area contributed by atoms with Gasteiger partial charge in [0.15, 0.2) is 0 Å². The van der Waals surface area contributed by atoms with Gasteiger partial charge in [0.25, 0.3) is 0 Å². The number of nitrogens with zero attached hydrogens (tertiary/aromatic N) is 1. The molecule has 0 spiro atoms. The molecule has 1 aromatic heterocycles. The number of hydrogen-bond donors (Lipinski definition) is 3. The van der Waals surface area contributed by atoms with Crippen molar-refractivity contribution in [2.45, 2.75) is 18.4 Å². The van der Waals surface area contributed by atoms with Gasteiger partial charge in [-0.2, -0.15) is 0 Å². The third-order valence-corrected chi connectivity index (χ3v) is 5.08. The Bertz CT molecular complexity index is 710. The van der Waals surface area contributed by atoms with Crippen molar-refractivity contribution in [2.24, 2.45) is 0 Å². The van der Waals surface area contributed by atoms with Gasteiger partial charge in [0.1, 0.15) is 5.01 Å². The van der Waals surface area contributed by atoms with Crippen molar-refractivity contribution in [3.8, 4) is 0 Å². The average Bonchev–Trinajstić information content (AvgIpc) is 2.83. The van der Waals surface area contributed by atoms with Crippen LogP contribution >= 0.6 is 11.3 Å². The summed E-state index contributed by atoms with van der Waals surface area (Å²) >= 11 is 1.54. The van der Waals surface area contributed by atoms with Crippen LogP contribution in [0.15, 0.2) is 28.5 Å². The number of hydrogen-bond acceptors (Lipinski definition) is 6. The first-order chi connectivity index (χ1) is 9.42. The smallest absolute Gasteiger partial charge is 0.240 e. The van der Waals surface area contributed by atoms with Gasteiger partial charge in [0, 0.05) is 11.1 Å². The molecular formula is C12H16N4O2S2. The molecule has 20 heavy (non-hydrogen) atoms. The fraction of sp³-hybridized carbons (Fsp3) is 0.250. The fourth-order valence-electron chi connectivity index (χ4n) is 1.63. The molecule has 0 aliphatic rings. The lowest BCUT2D eigenvalue weighted by Gasteiger charge is -2.10. The molecule has 0 unspecified atom stereocenters. The van der Waals surface area contributed by atoms with Crippen molar-refractivity contribution in [1.82, 2.24) is 9.71 Å². The highest BCUT2D eigenvalue weighted by atomic mass is 32.2. The van der Waals surface area contributed by atoms with Crippen LogP contribution in [0.2, 0.25) is 0 Å². The third kappa shape index (κ3) is 3.27. The minimum Gasteiger partial charge on any atom is -0.397 e. The fourth-order valence-corrected chi connectivity index (χ4v) is 3.10. The first-order valence-corrected chi connectivity index (χ1v) is 8.26. The molecule has 0 saturated heterocycles. The Labute approximate surface area is 122 Å². The van der Waals surface area contributed by atoms with Gasteiger partial charge in [-0.25, -0.2) is 18.1 Å². The summed E-state index contributed by atoms with van der Waals surface area (Å²) in [6, 6.07) is 4.56. The second-order valence-electron chi connectivity index (χ2n) is 4.19. The molecule has 0 atom stereocenters. The van der Waals surface area contributed by atoms with Crippen LogP contribution in [0.4, 0.5) is 11.4 Å². The highest BCUT2D eigenvalue weighted by Crippen LogP contribution is 2.23. The maximum atomic E-state index is 11.8. The molecule has 4 N–H and O–H groups in total. The molecule has 0 amide bonds. The van der Waals surface area contributed by atoms with Crippen LogP contribution in [-0.2, 0) is 16.6 Å². The lowest BCUT2D eigenvalue weighted by molar-refractivity contribution is 0.588. The second-order valence-corrected chi connectivity index (χ2v) is 7.02. The van der Waals surface area contributed by atoms with E-state index in [1.54, 1.807) is 17.4 Å². The maximum absolute atomic E-state index is 11.8. The Hall–Kier alpha value is -1.64. The zero-order valence-corrected chi connectivity index (χ0v) is 12.8. The molecule has 1 aromatic carbocycles. The van der Waals surface area contributed by atoms with Crippen LogP contribution in [0.5, 0.6) is 0 Å². The van der Waals surface area contributed by atoms with Crippen LogP contribution in [0, 0.1) is 6.92 Å². The lowest BCUT2D eigenvalue weighted by atomic mass is 10.2. The molecule has 0 aliphatic heterocycles. The van der Waals surface area contributed by atoms with E-state index in [1.807, 2.05) is 12.3 Å². The molecule has 2 aromatic rings. The number of nitrogens with one attached hydrogen (secondary N) is 2. The molecule has 0 bridgehead atoms. The van der Waals surface area contributed by atoms with E-state index >= 15 is 0 Å². The van der Waals surface area contributed by atoms with Gasteiger partial charge in [0.2, 0.25) is 10.0 Å². The number of benzene rings is 1. The number of nitrogens with two attached hydrogens (primary N) is 1. The summed E-state index contributed by atoms with van der Waals surface area (Å²) < 4.78 is 25.8. The molecule has 6 nitrogen and oxygen atoms in total. The van der Waals surface area contributed by atoms with E-state index in [0.717, 1.165) is 10.7 Å². The highest BCUT2D eigenvalue weighted by molar-refractivity contribution is 7.89. The Balaban J connectivity index is 2.21. The highest BCUT2D eigenvalue weighted by Gasteiger charge is 2.13. The molecule has 8 heteroatoms. The van der Waals surface area contributed by atoms with E-state index in [0.29, 0.717) is 17.9 Å². The van der Waals surface area contributed by atoms with Crippen molar-refractivity contribution < 1.29 is 8.42 Å². The van der Waals surface area contributed by atoms with E-state index in [9.17, 15) is 8.42 Å². The van der Waals surface area contributed by atoms with Gasteiger partial charge in [-0.15, -0.1) is 11.3 Å². The number of nitrogen functional groups attached to an aromatic ring is 1. The predicted molar refractivity (Wildman–Crippen MR) is 81.3 cm³/mol. The van der Waals surface area contributed by atoms with Crippen LogP contribution in [0.25, 0.3) is 0 Å². The number of anilines is 2. The molecule has 0 saturated carbocycles. The van der Waals surface area contributed by atoms with E-state index < -0.39 is 10.0 Å². The van der Waals surface area contributed by atoms with E-state index in [-0.39, 0.29) is 4.90 Å². The van der Waals surface area contributed by atoms with Gasteiger partial charge in [-0.05, 0) is 32.2 Å². The normalized spacial score (nSPS) is 11.5. The summed E-state index contributed by atoms with van der Waals surface area (Å²) in [4.78, 5) is 4.50. The van der Waals surface area contributed by atoms with Gasteiger partial charge >= 0.3 is 0 Å². The monoisotopic (exact) mass is 312 g/mol. The predicted octanol–water partition coefficient (Wildman–Crippen LogP) is 1.55. The Morgan fingerprint density at radius 3 is 2.75 bits per heavy atom. The Morgan fingerprint density at radius 1 is 1.40 bits per heavy atom. The maximum Gasteiger partial charge on any atom is 0.240 e. The van der Waals surface area contributed by atoms with Crippen LogP contribution in [0.3, 0.4) is 0 Å². The number of thiazole rings is 1. The SMILES string of the molecule is CNS(=O)(=O)c1ccc(N)c(NCc2nc(C)cs2)c1. The number of aryl methyl sites for hydroxylation is 1. The summed E-state index contributed by atoms with van der Waals surface area (Å²) in [6.07, 6.45) is 0. The molecule has 0 fully saturated rings. The van der Waals surface area contributed by atoms with Gasteiger partial charge < -0.3 is 11.1 Å². The topological polar surface area (TPSA) is 97.1 Å². The van der Waals surface area contributed by atoms with E-state index in [2.05, 4.69) is 15.0 Å². The van der Waals surface area contributed by atoms with E-state index in [1.165, 1.54) is 19.2 Å².